The Morgan fingerprint density at radius 3 is 2.27 bits per heavy atom. The molecule has 10 heteroatoms. The summed E-state index contributed by atoms with van der Waals surface area (Å²) in [5.41, 5.74) is 12.7. The van der Waals surface area contributed by atoms with E-state index in [0.717, 1.165) is 5.56 Å². The van der Waals surface area contributed by atoms with Crippen molar-refractivity contribution < 1.29 is 24.2 Å². The van der Waals surface area contributed by atoms with E-state index >= 15 is 0 Å². The Morgan fingerprint density at radius 2 is 1.70 bits per heavy atom. The molecule has 192 valence electrons. The van der Waals surface area contributed by atoms with Gasteiger partial charge in [-0.3, -0.25) is 4.79 Å². The minimum atomic E-state index is -1.08. The van der Waals surface area contributed by atoms with Crippen LogP contribution in [0.2, 0.25) is 5.02 Å². The van der Waals surface area contributed by atoms with E-state index in [4.69, 9.17) is 27.8 Å². The molecule has 37 heavy (non-hydrogen) atoms. The third-order valence-corrected chi connectivity index (χ3v) is 5.88. The minimum Gasteiger partial charge on any atom is -0.480 e. The van der Waals surface area contributed by atoms with Crippen molar-refractivity contribution in [1.29, 1.82) is 0 Å². The van der Waals surface area contributed by atoms with Gasteiger partial charge in [-0.25, -0.2) is 14.6 Å². The van der Waals surface area contributed by atoms with Gasteiger partial charge in [-0.2, -0.15) is 0 Å². The summed E-state index contributed by atoms with van der Waals surface area (Å²) in [6, 6.07) is 18.8. The van der Waals surface area contributed by atoms with Crippen LogP contribution in [0.3, 0.4) is 0 Å². The summed E-state index contributed by atoms with van der Waals surface area (Å²) >= 11 is 6.38. The standard InChI is InChI=1S/C27H27ClN4O5/c1-2-32(23(25(34)35)14-17-6-4-3-5-7-17)24(33)15-19-10-13-21(16-22(19)28)37-26(36)18-8-11-20(12-9-18)31-27(29)30/h3-13,16,23H,2,14-15H2,1H3,(H,34,35)(H4,29,30,31)/t23-/m0/s1. The van der Waals surface area contributed by atoms with Gasteiger partial charge in [0, 0.05) is 18.0 Å². The molecule has 0 spiro atoms. The number of benzene rings is 3. The second-order valence-electron chi connectivity index (χ2n) is 8.13. The van der Waals surface area contributed by atoms with Gasteiger partial charge in [0.1, 0.15) is 11.8 Å². The summed E-state index contributed by atoms with van der Waals surface area (Å²) in [6.45, 7) is 1.95. The number of hydrogen-bond donors (Lipinski definition) is 3. The topological polar surface area (TPSA) is 148 Å². The first-order valence-corrected chi connectivity index (χ1v) is 11.8. The van der Waals surface area contributed by atoms with Crippen LogP contribution in [0.1, 0.15) is 28.4 Å². The molecule has 0 saturated heterocycles. The highest BCUT2D eigenvalue weighted by atomic mass is 35.5. The smallest absolute Gasteiger partial charge is 0.343 e. The maximum absolute atomic E-state index is 13.1. The maximum atomic E-state index is 13.1. The zero-order valence-electron chi connectivity index (χ0n) is 20.1. The van der Waals surface area contributed by atoms with E-state index in [9.17, 15) is 19.5 Å². The SMILES string of the molecule is CCN(C(=O)Cc1ccc(OC(=O)c2ccc(N=C(N)N)cc2)cc1Cl)[C@@H](Cc1ccccc1)C(=O)O. The Morgan fingerprint density at radius 1 is 1.03 bits per heavy atom. The lowest BCUT2D eigenvalue weighted by Gasteiger charge is -2.28. The van der Waals surface area contributed by atoms with Crippen molar-refractivity contribution in [3.05, 3.63) is 94.5 Å². The normalized spacial score (nSPS) is 11.3. The van der Waals surface area contributed by atoms with Crippen LogP contribution in [0.25, 0.3) is 0 Å². The molecular formula is C27H27ClN4O5. The van der Waals surface area contributed by atoms with Gasteiger partial charge in [0.05, 0.1) is 17.7 Å². The Hall–Kier alpha value is -4.37. The highest BCUT2D eigenvalue weighted by Gasteiger charge is 2.29. The summed E-state index contributed by atoms with van der Waals surface area (Å²) in [7, 11) is 0. The lowest BCUT2D eigenvalue weighted by atomic mass is 10.0. The predicted octanol–water partition coefficient (Wildman–Crippen LogP) is 3.55. The van der Waals surface area contributed by atoms with Crippen molar-refractivity contribution in [2.75, 3.05) is 6.54 Å². The van der Waals surface area contributed by atoms with Crippen LogP contribution in [0.15, 0.2) is 77.8 Å². The third-order valence-electron chi connectivity index (χ3n) is 5.53. The third kappa shape index (κ3) is 7.55. The second-order valence-corrected chi connectivity index (χ2v) is 8.53. The van der Waals surface area contributed by atoms with Crippen LogP contribution in [-0.4, -0.2) is 46.4 Å². The fourth-order valence-electron chi connectivity index (χ4n) is 3.73. The Kier molecular flexibility index (Phi) is 9.23. The lowest BCUT2D eigenvalue weighted by molar-refractivity contribution is -0.149. The van der Waals surface area contributed by atoms with Crippen LogP contribution in [0.4, 0.5) is 5.69 Å². The molecule has 0 aliphatic heterocycles. The maximum Gasteiger partial charge on any atom is 0.343 e. The first-order chi connectivity index (χ1) is 17.7. The number of carbonyl (C=O) groups is 3. The molecule has 0 radical (unpaired) electrons. The highest BCUT2D eigenvalue weighted by Crippen LogP contribution is 2.25. The highest BCUT2D eigenvalue weighted by molar-refractivity contribution is 6.31. The number of amides is 1. The number of aliphatic carboxylic acids is 1. The average Bonchev–Trinajstić information content (AvgIpc) is 2.86. The molecule has 3 aromatic carbocycles. The van der Waals surface area contributed by atoms with E-state index in [0.29, 0.717) is 11.3 Å². The largest absolute Gasteiger partial charge is 0.480 e. The van der Waals surface area contributed by atoms with Crippen LogP contribution < -0.4 is 16.2 Å². The average molecular weight is 523 g/mol. The van der Waals surface area contributed by atoms with E-state index < -0.39 is 18.0 Å². The van der Waals surface area contributed by atoms with Gasteiger partial charge in [-0.1, -0.05) is 48.0 Å². The first-order valence-electron chi connectivity index (χ1n) is 11.4. The van der Waals surface area contributed by atoms with Gasteiger partial charge in [-0.05, 0) is 54.4 Å². The number of guanidine groups is 1. The predicted molar refractivity (Wildman–Crippen MR) is 141 cm³/mol. The fourth-order valence-corrected chi connectivity index (χ4v) is 3.96. The summed E-state index contributed by atoms with van der Waals surface area (Å²) in [5, 5.41) is 10.0. The molecule has 0 aliphatic rings. The van der Waals surface area contributed by atoms with Gasteiger partial charge in [0.25, 0.3) is 0 Å². The number of ether oxygens (including phenoxy) is 1. The van der Waals surface area contributed by atoms with E-state index in [2.05, 4.69) is 4.99 Å². The van der Waals surface area contributed by atoms with Gasteiger partial charge in [-0.15, -0.1) is 0 Å². The van der Waals surface area contributed by atoms with Gasteiger partial charge < -0.3 is 26.2 Å². The number of carbonyl (C=O) groups excluding carboxylic acids is 2. The number of nitrogens with zero attached hydrogens (tertiary/aromatic N) is 2. The molecule has 0 bridgehead atoms. The molecule has 0 aliphatic carbocycles. The molecule has 0 aromatic heterocycles. The first kappa shape index (κ1) is 27.2. The number of likely N-dealkylation sites (N-methyl/N-ethyl adjacent to an activating group) is 1. The molecule has 0 fully saturated rings. The molecule has 0 saturated carbocycles. The molecule has 1 atom stereocenters. The fraction of sp³-hybridized carbons (Fsp3) is 0.185. The molecule has 0 unspecified atom stereocenters. The molecule has 3 rings (SSSR count). The van der Waals surface area contributed by atoms with E-state index in [1.54, 1.807) is 25.1 Å². The second kappa shape index (κ2) is 12.5. The minimum absolute atomic E-state index is 0.0970. The Labute approximate surface area is 219 Å². The molecule has 0 heterocycles. The number of esters is 1. The van der Waals surface area contributed by atoms with Crippen LogP contribution in [-0.2, 0) is 22.4 Å². The van der Waals surface area contributed by atoms with Crippen molar-refractivity contribution in [3.63, 3.8) is 0 Å². The zero-order valence-corrected chi connectivity index (χ0v) is 20.9. The number of halogens is 1. The molecular weight excluding hydrogens is 496 g/mol. The monoisotopic (exact) mass is 522 g/mol. The van der Waals surface area contributed by atoms with Gasteiger partial charge in [0.2, 0.25) is 5.91 Å². The Bertz CT molecular complexity index is 1290. The quantitative estimate of drug-likeness (QED) is 0.159. The van der Waals surface area contributed by atoms with Gasteiger partial charge in [0.15, 0.2) is 5.96 Å². The summed E-state index contributed by atoms with van der Waals surface area (Å²) in [5.74, 6) is -1.98. The van der Waals surface area contributed by atoms with Crippen molar-refractivity contribution in [2.24, 2.45) is 16.5 Å². The Balaban J connectivity index is 1.68. The summed E-state index contributed by atoms with van der Waals surface area (Å²) in [4.78, 5) is 42.7. The summed E-state index contributed by atoms with van der Waals surface area (Å²) in [6.07, 6.45) is 0.0804. The van der Waals surface area contributed by atoms with Crippen LogP contribution in [0, 0.1) is 0 Å². The number of rotatable bonds is 10. The van der Waals surface area contributed by atoms with E-state index in [1.807, 2.05) is 30.3 Å². The van der Waals surface area contributed by atoms with Crippen molar-refractivity contribution in [1.82, 2.24) is 4.90 Å². The molecule has 1 amide bonds. The molecule has 9 nitrogen and oxygen atoms in total. The van der Waals surface area contributed by atoms with E-state index in [1.165, 1.54) is 29.2 Å². The van der Waals surface area contributed by atoms with Crippen LogP contribution >= 0.6 is 11.6 Å². The lowest BCUT2D eigenvalue weighted by Crippen LogP contribution is -2.47. The number of hydrogen-bond acceptors (Lipinski definition) is 5. The number of carboxylic acid groups (broad SMARTS) is 1. The van der Waals surface area contributed by atoms with Crippen molar-refractivity contribution >= 4 is 41.1 Å². The zero-order chi connectivity index (χ0) is 26.9. The van der Waals surface area contributed by atoms with Crippen molar-refractivity contribution in [3.8, 4) is 5.75 Å². The summed E-state index contributed by atoms with van der Waals surface area (Å²) < 4.78 is 5.39. The number of aliphatic imine (C=N–C) groups is 1. The molecule has 5 N–H and O–H groups in total. The van der Waals surface area contributed by atoms with Crippen molar-refractivity contribution in [2.45, 2.75) is 25.8 Å². The van der Waals surface area contributed by atoms with Gasteiger partial charge >= 0.3 is 11.9 Å². The van der Waals surface area contributed by atoms with Crippen LogP contribution in [0.5, 0.6) is 5.75 Å². The van der Waals surface area contributed by atoms with E-state index in [-0.39, 0.29) is 47.6 Å². The molecule has 3 aromatic rings. The number of carboxylic acids is 1. The number of nitrogens with two attached hydrogens (primary N) is 2.